The average molecular weight is 389 g/mol. The molecule has 1 aromatic carbocycles. The smallest absolute Gasteiger partial charge is 0.261 e. The van der Waals surface area contributed by atoms with Gasteiger partial charge in [0.2, 0.25) is 0 Å². The molecule has 0 saturated heterocycles. The number of anilines is 2. The lowest BCUT2D eigenvalue weighted by atomic mass is 10.1. The van der Waals surface area contributed by atoms with Crippen LogP contribution in [-0.2, 0) is 11.2 Å². The Kier molecular flexibility index (Phi) is 5.22. The zero-order valence-electron chi connectivity index (χ0n) is 17.0. The normalized spacial score (nSPS) is 11.2. The highest BCUT2D eigenvalue weighted by Crippen LogP contribution is 2.35. The quantitative estimate of drug-likeness (QED) is 0.518. The van der Waals surface area contributed by atoms with Gasteiger partial charge >= 0.3 is 0 Å². The minimum Gasteiger partial charge on any atom is -0.384 e. The van der Waals surface area contributed by atoms with Gasteiger partial charge < -0.3 is 14.6 Å². The summed E-state index contributed by atoms with van der Waals surface area (Å²) in [5.41, 5.74) is 6.58. The highest BCUT2D eigenvalue weighted by Gasteiger charge is 2.18. The Labute approximate surface area is 169 Å². The number of ether oxygens (including phenoxy) is 1. The van der Waals surface area contributed by atoms with Gasteiger partial charge in [0.1, 0.15) is 0 Å². The molecule has 7 heteroatoms. The van der Waals surface area contributed by atoms with Crippen LogP contribution < -0.4 is 5.32 Å². The molecule has 3 aromatic heterocycles. The predicted octanol–water partition coefficient (Wildman–Crippen LogP) is 4.54. The number of methoxy groups -OCH3 is 1. The van der Waals surface area contributed by atoms with Gasteiger partial charge in [-0.05, 0) is 56.2 Å². The molecule has 7 nitrogen and oxygen atoms in total. The number of fused-ring (bicyclic) bond motifs is 1. The second kappa shape index (κ2) is 7.97. The first-order valence-corrected chi connectivity index (χ1v) is 9.47. The third-order valence-corrected chi connectivity index (χ3v) is 4.87. The number of nitrogens with zero attached hydrogens (tertiary/aromatic N) is 4. The molecule has 0 fully saturated rings. The molecule has 1 N–H and O–H groups in total. The molecule has 0 aliphatic rings. The van der Waals surface area contributed by atoms with Crippen LogP contribution in [0.2, 0.25) is 0 Å². The van der Waals surface area contributed by atoms with Gasteiger partial charge in [-0.3, -0.25) is 0 Å². The molecule has 0 unspecified atom stereocenters. The SMILES string of the molecule is COCCc1noc(-c2cnc3nc(C)ccc3c2Nc2ccc(C)c(C)c2)n1. The second-order valence-electron chi connectivity index (χ2n) is 7.05. The Balaban J connectivity index is 1.83. The van der Waals surface area contributed by atoms with Gasteiger partial charge in [-0.15, -0.1) is 0 Å². The molecule has 0 radical (unpaired) electrons. The van der Waals surface area contributed by atoms with Gasteiger partial charge in [0.15, 0.2) is 11.5 Å². The third-order valence-electron chi connectivity index (χ3n) is 4.87. The second-order valence-corrected chi connectivity index (χ2v) is 7.05. The van der Waals surface area contributed by atoms with E-state index in [0.29, 0.717) is 30.4 Å². The van der Waals surface area contributed by atoms with Crippen LogP contribution in [-0.4, -0.2) is 33.8 Å². The van der Waals surface area contributed by atoms with Gasteiger partial charge in [0.25, 0.3) is 5.89 Å². The van der Waals surface area contributed by atoms with E-state index in [0.717, 1.165) is 28.0 Å². The highest BCUT2D eigenvalue weighted by atomic mass is 16.5. The van der Waals surface area contributed by atoms with E-state index < -0.39 is 0 Å². The maximum Gasteiger partial charge on any atom is 0.261 e. The Hall–Kier alpha value is -3.32. The van der Waals surface area contributed by atoms with Gasteiger partial charge in [-0.1, -0.05) is 11.2 Å². The third kappa shape index (κ3) is 3.95. The molecule has 0 aliphatic heterocycles. The van der Waals surface area contributed by atoms with Crippen molar-refractivity contribution in [3.8, 4) is 11.5 Å². The Morgan fingerprint density at radius 3 is 2.69 bits per heavy atom. The van der Waals surface area contributed by atoms with Crippen LogP contribution in [0.3, 0.4) is 0 Å². The number of benzene rings is 1. The molecular weight excluding hydrogens is 366 g/mol. The Bertz CT molecular complexity index is 1170. The van der Waals surface area contributed by atoms with Crippen molar-refractivity contribution < 1.29 is 9.26 Å². The summed E-state index contributed by atoms with van der Waals surface area (Å²) < 4.78 is 10.6. The summed E-state index contributed by atoms with van der Waals surface area (Å²) in [6.07, 6.45) is 2.31. The van der Waals surface area contributed by atoms with Crippen LogP contribution in [0.15, 0.2) is 41.1 Å². The first-order valence-electron chi connectivity index (χ1n) is 9.47. The van der Waals surface area contributed by atoms with E-state index in [-0.39, 0.29) is 0 Å². The van der Waals surface area contributed by atoms with E-state index in [1.807, 2.05) is 19.1 Å². The molecule has 4 rings (SSSR count). The minimum absolute atomic E-state index is 0.414. The van der Waals surface area contributed by atoms with Crippen LogP contribution >= 0.6 is 0 Å². The molecule has 148 valence electrons. The van der Waals surface area contributed by atoms with Crippen LogP contribution in [0, 0.1) is 20.8 Å². The molecule has 3 heterocycles. The van der Waals surface area contributed by atoms with E-state index in [9.17, 15) is 0 Å². The van der Waals surface area contributed by atoms with Crippen LogP contribution in [0.4, 0.5) is 11.4 Å². The van der Waals surface area contributed by atoms with Crippen molar-refractivity contribution in [2.24, 2.45) is 0 Å². The van der Waals surface area contributed by atoms with Crippen LogP contribution in [0.25, 0.3) is 22.5 Å². The minimum atomic E-state index is 0.414. The number of aromatic nitrogens is 4. The van der Waals surface area contributed by atoms with Gasteiger partial charge in [-0.25, -0.2) is 9.97 Å². The first-order chi connectivity index (χ1) is 14.0. The summed E-state index contributed by atoms with van der Waals surface area (Å²) >= 11 is 0. The molecule has 0 aliphatic carbocycles. The van der Waals surface area contributed by atoms with Gasteiger partial charge in [0.05, 0.1) is 17.9 Å². The monoisotopic (exact) mass is 389 g/mol. The lowest BCUT2D eigenvalue weighted by Gasteiger charge is -2.14. The number of aryl methyl sites for hydroxylation is 3. The van der Waals surface area contributed by atoms with E-state index in [4.69, 9.17) is 9.26 Å². The summed E-state index contributed by atoms with van der Waals surface area (Å²) in [7, 11) is 1.65. The molecule has 4 aromatic rings. The average Bonchev–Trinajstić information content (AvgIpc) is 3.18. The number of hydrogen-bond acceptors (Lipinski definition) is 7. The predicted molar refractivity (Wildman–Crippen MR) is 112 cm³/mol. The summed E-state index contributed by atoms with van der Waals surface area (Å²) in [6, 6.07) is 10.2. The van der Waals surface area contributed by atoms with E-state index in [1.165, 1.54) is 11.1 Å². The van der Waals surface area contributed by atoms with E-state index in [1.54, 1.807) is 13.3 Å². The van der Waals surface area contributed by atoms with Crippen LogP contribution in [0.5, 0.6) is 0 Å². The maximum atomic E-state index is 5.52. The lowest BCUT2D eigenvalue weighted by molar-refractivity contribution is 0.199. The molecule has 0 saturated carbocycles. The number of pyridine rings is 2. The van der Waals surface area contributed by atoms with Crippen molar-refractivity contribution in [1.29, 1.82) is 0 Å². The molecule has 0 amide bonds. The Morgan fingerprint density at radius 1 is 1.03 bits per heavy atom. The summed E-state index contributed by atoms with van der Waals surface area (Å²) in [5.74, 6) is 1.01. The van der Waals surface area contributed by atoms with Crippen molar-refractivity contribution in [2.45, 2.75) is 27.2 Å². The summed E-state index contributed by atoms with van der Waals surface area (Å²) in [6.45, 7) is 6.67. The number of rotatable bonds is 6. The highest BCUT2D eigenvalue weighted by molar-refractivity contribution is 5.98. The molecular formula is C22H23N5O2. The fourth-order valence-corrected chi connectivity index (χ4v) is 3.09. The van der Waals surface area contributed by atoms with Crippen molar-refractivity contribution >= 4 is 22.4 Å². The van der Waals surface area contributed by atoms with Crippen LogP contribution in [0.1, 0.15) is 22.6 Å². The number of hydrogen-bond donors (Lipinski definition) is 1. The number of nitrogens with one attached hydrogen (secondary N) is 1. The van der Waals surface area contributed by atoms with Crippen molar-refractivity contribution in [1.82, 2.24) is 20.1 Å². The van der Waals surface area contributed by atoms with E-state index >= 15 is 0 Å². The standard InChI is InChI=1S/C22H23N5O2/c1-13-5-7-16(11-14(13)2)25-20-17-8-6-15(3)24-21(17)23-12-18(20)22-26-19(27-29-22)9-10-28-4/h5-8,11-12H,9-10H2,1-4H3,(H,23,24,25). The lowest BCUT2D eigenvalue weighted by Crippen LogP contribution is -1.99. The fourth-order valence-electron chi connectivity index (χ4n) is 3.09. The first kappa shape index (κ1) is 19.0. The molecule has 0 bridgehead atoms. The zero-order valence-corrected chi connectivity index (χ0v) is 17.0. The molecule has 0 atom stereocenters. The zero-order chi connectivity index (χ0) is 20.4. The molecule has 29 heavy (non-hydrogen) atoms. The summed E-state index contributed by atoms with van der Waals surface area (Å²) in [4.78, 5) is 13.6. The van der Waals surface area contributed by atoms with Gasteiger partial charge in [-0.2, -0.15) is 4.98 Å². The van der Waals surface area contributed by atoms with Crippen molar-refractivity contribution in [2.75, 3.05) is 19.0 Å². The fraction of sp³-hybridized carbons (Fsp3) is 0.273. The van der Waals surface area contributed by atoms with E-state index in [2.05, 4.69) is 57.5 Å². The Morgan fingerprint density at radius 2 is 1.90 bits per heavy atom. The topological polar surface area (TPSA) is 86.0 Å². The summed E-state index contributed by atoms with van der Waals surface area (Å²) in [5, 5.41) is 8.47. The maximum absolute atomic E-state index is 5.52. The van der Waals surface area contributed by atoms with Crippen molar-refractivity contribution in [3.63, 3.8) is 0 Å². The largest absolute Gasteiger partial charge is 0.384 e. The van der Waals surface area contributed by atoms with Gasteiger partial charge in [0, 0.05) is 36.5 Å². The van der Waals surface area contributed by atoms with Crippen molar-refractivity contribution in [3.05, 3.63) is 59.2 Å². The molecule has 0 spiro atoms.